The highest BCUT2D eigenvalue weighted by molar-refractivity contribution is 6.28. The van der Waals surface area contributed by atoms with E-state index in [0.717, 1.165) is 39.6 Å². The summed E-state index contributed by atoms with van der Waals surface area (Å²) in [5, 5.41) is 7.94. The van der Waals surface area contributed by atoms with Crippen molar-refractivity contribution in [1.82, 2.24) is 14.5 Å². The smallest absolute Gasteiger partial charge is 0.160 e. The molecule has 57 heavy (non-hydrogen) atoms. The molecule has 10 aromatic rings. The predicted octanol–water partition coefficient (Wildman–Crippen LogP) is 14.1. The van der Waals surface area contributed by atoms with Gasteiger partial charge in [-0.2, -0.15) is 0 Å². The maximum Gasteiger partial charge on any atom is 0.160 e. The first kappa shape index (κ1) is 32.4. The number of benzene rings is 8. The fourth-order valence-electron chi connectivity index (χ4n) is 10.5. The number of hydrogen-bond donors (Lipinski definition) is 0. The van der Waals surface area contributed by atoms with E-state index >= 15 is 0 Å². The number of hydrogen-bond acceptors (Lipinski definition) is 2. The minimum atomic E-state index is 0.00100. The van der Waals surface area contributed by atoms with Crippen LogP contribution in [0.3, 0.4) is 0 Å². The second-order valence-corrected chi connectivity index (χ2v) is 16.0. The molecule has 0 atom stereocenters. The van der Waals surface area contributed by atoms with E-state index in [4.69, 9.17) is 9.97 Å². The van der Waals surface area contributed by atoms with Crippen molar-refractivity contribution in [2.45, 2.75) is 37.5 Å². The first-order valence-corrected chi connectivity index (χ1v) is 20.4. The molecule has 1 saturated carbocycles. The molecule has 2 aromatic heterocycles. The normalized spacial score (nSPS) is 14.5. The van der Waals surface area contributed by atoms with Gasteiger partial charge in [-0.1, -0.05) is 177 Å². The first-order valence-electron chi connectivity index (χ1n) is 20.4. The Kier molecular flexibility index (Phi) is 7.16. The van der Waals surface area contributed by atoms with E-state index in [1.54, 1.807) is 5.56 Å². The van der Waals surface area contributed by atoms with Crippen LogP contribution >= 0.6 is 0 Å². The van der Waals surface area contributed by atoms with Crippen LogP contribution in [0.2, 0.25) is 0 Å². The fourth-order valence-corrected chi connectivity index (χ4v) is 10.5. The Hall–Kier alpha value is -6.84. The molecule has 8 aromatic carbocycles. The summed E-state index contributed by atoms with van der Waals surface area (Å²) in [4.78, 5) is 10.2. The average molecular weight is 730 g/mol. The summed E-state index contributed by atoms with van der Waals surface area (Å²) in [5.41, 5.74) is 14.6. The Labute approximate surface area is 331 Å². The van der Waals surface area contributed by atoms with Gasteiger partial charge in [0, 0.05) is 49.3 Å². The largest absolute Gasteiger partial charge is 0.308 e. The zero-order valence-corrected chi connectivity index (χ0v) is 31.6. The van der Waals surface area contributed by atoms with Crippen molar-refractivity contribution < 1.29 is 0 Å². The molecule has 0 amide bonds. The summed E-state index contributed by atoms with van der Waals surface area (Å²) in [6.07, 6.45) is 6.20. The van der Waals surface area contributed by atoms with Crippen molar-refractivity contribution in [1.29, 1.82) is 0 Å². The van der Waals surface area contributed by atoms with Crippen LogP contribution in [0.4, 0.5) is 0 Å². The van der Waals surface area contributed by atoms with Crippen LogP contribution in [0.15, 0.2) is 176 Å². The van der Waals surface area contributed by atoms with Crippen molar-refractivity contribution in [3.05, 3.63) is 187 Å². The molecule has 1 spiro atoms. The molecule has 0 N–H and O–H groups in total. The van der Waals surface area contributed by atoms with Gasteiger partial charge in [-0.25, -0.2) is 9.97 Å². The number of rotatable bonds is 4. The summed E-state index contributed by atoms with van der Waals surface area (Å²) >= 11 is 0. The van der Waals surface area contributed by atoms with Gasteiger partial charge in [0.2, 0.25) is 0 Å². The quantitative estimate of drug-likeness (QED) is 0.181. The lowest BCUT2D eigenvalue weighted by Crippen LogP contribution is -2.28. The Balaban J connectivity index is 1.15. The number of aromatic nitrogens is 3. The lowest BCUT2D eigenvalue weighted by atomic mass is 9.66. The number of fused-ring (bicyclic) bond motifs is 14. The van der Waals surface area contributed by atoms with Crippen LogP contribution in [0.25, 0.3) is 94.1 Å². The van der Waals surface area contributed by atoms with Crippen molar-refractivity contribution >= 4 is 43.4 Å². The number of nitrogens with zero attached hydrogens (tertiary/aromatic N) is 3. The van der Waals surface area contributed by atoms with Crippen LogP contribution < -0.4 is 0 Å². The highest BCUT2D eigenvalue weighted by Crippen LogP contribution is 2.61. The topological polar surface area (TPSA) is 30.7 Å². The summed E-state index contributed by atoms with van der Waals surface area (Å²) in [6, 6.07) is 64.1. The van der Waals surface area contributed by atoms with Gasteiger partial charge in [-0.3, -0.25) is 0 Å². The molecule has 0 radical (unpaired) electrons. The van der Waals surface area contributed by atoms with E-state index in [0.29, 0.717) is 0 Å². The van der Waals surface area contributed by atoms with Crippen LogP contribution in [0.5, 0.6) is 0 Å². The maximum atomic E-state index is 5.16. The SMILES string of the molecule is c1ccc(-c2cc(-c3ccc(-n4c5c6ccccc6ccc5c5c6c(c7ccccc7c54)-c4ccccc4C64CCCCC4)cc3)nc(-c3ccccc3)n2)cc1. The van der Waals surface area contributed by atoms with Gasteiger partial charge < -0.3 is 4.57 Å². The Bertz CT molecular complexity index is 3130. The van der Waals surface area contributed by atoms with Gasteiger partial charge in [-0.05, 0) is 64.1 Å². The molecule has 2 heterocycles. The summed E-state index contributed by atoms with van der Waals surface area (Å²) in [6.45, 7) is 0. The van der Waals surface area contributed by atoms with Gasteiger partial charge in [0.1, 0.15) is 0 Å². The van der Waals surface area contributed by atoms with Gasteiger partial charge >= 0.3 is 0 Å². The highest BCUT2D eigenvalue weighted by atomic mass is 15.0. The predicted molar refractivity (Wildman–Crippen MR) is 237 cm³/mol. The molecular weight excluding hydrogens is 691 g/mol. The molecule has 3 heteroatoms. The molecule has 0 saturated heterocycles. The third-order valence-electron chi connectivity index (χ3n) is 13.0. The fraction of sp³-hybridized carbons (Fsp3) is 0.111. The van der Waals surface area contributed by atoms with Crippen molar-refractivity contribution in [3.8, 4) is 50.7 Å². The Morgan fingerprint density at radius 3 is 1.82 bits per heavy atom. The second kappa shape index (κ2) is 12.6. The van der Waals surface area contributed by atoms with E-state index in [-0.39, 0.29) is 5.41 Å². The first-order chi connectivity index (χ1) is 28.3. The minimum absolute atomic E-state index is 0.00100. The summed E-state index contributed by atoms with van der Waals surface area (Å²) < 4.78 is 2.59. The molecule has 0 aliphatic heterocycles. The zero-order chi connectivity index (χ0) is 37.5. The molecule has 2 aliphatic carbocycles. The molecular formula is C54H39N3. The zero-order valence-electron chi connectivity index (χ0n) is 31.6. The molecule has 3 nitrogen and oxygen atoms in total. The van der Waals surface area contributed by atoms with Crippen molar-refractivity contribution in [2.75, 3.05) is 0 Å². The molecule has 0 unspecified atom stereocenters. The van der Waals surface area contributed by atoms with Gasteiger partial charge in [-0.15, -0.1) is 0 Å². The van der Waals surface area contributed by atoms with E-state index in [1.165, 1.54) is 92.1 Å². The minimum Gasteiger partial charge on any atom is -0.308 e. The van der Waals surface area contributed by atoms with Gasteiger partial charge in [0.25, 0.3) is 0 Å². The molecule has 2 aliphatic rings. The van der Waals surface area contributed by atoms with Gasteiger partial charge in [0.15, 0.2) is 5.82 Å². The van der Waals surface area contributed by atoms with Gasteiger partial charge in [0.05, 0.1) is 22.4 Å². The van der Waals surface area contributed by atoms with E-state index in [9.17, 15) is 0 Å². The Morgan fingerprint density at radius 1 is 0.456 bits per heavy atom. The molecule has 12 rings (SSSR count). The third kappa shape index (κ3) is 4.79. The Morgan fingerprint density at radius 2 is 1.07 bits per heavy atom. The third-order valence-corrected chi connectivity index (χ3v) is 13.0. The van der Waals surface area contributed by atoms with E-state index in [1.807, 2.05) is 24.3 Å². The van der Waals surface area contributed by atoms with Crippen LogP contribution in [-0.2, 0) is 5.41 Å². The average Bonchev–Trinajstić information content (AvgIpc) is 3.78. The molecule has 270 valence electrons. The lowest BCUT2D eigenvalue weighted by molar-refractivity contribution is 0.355. The van der Waals surface area contributed by atoms with Crippen LogP contribution in [0, 0.1) is 0 Å². The van der Waals surface area contributed by atoms with E-state index < -0.39 is 0 Å². The summed E-state index contributed by atoms with van der Waals surface area (Å²) in [7, 11) is 0. The van der Waals surface area contributed by atoms with Crippen LogP contribution in [0.1, 0.15) is 43.2 Å². The second-order valence-electron chi connectivity index (χ2n) is 16.0. The van der Waals surface area contributed by atoms with Crippen molar-refractivity contribution in [2.24, 2.45) is 0 Å². The lowest BCUT2D eigenvalue weighted by Gasteiger charge is -2.36. The van der Waals surface area contributed by atoms with Crippen LogP contribution in [-0.4, -0.2) is 14.5 Å². The molecule has 1 fully saturated rings. The van der Waals surface area contributed by atoms with Crippen molar-refractivity contribution in [3.63, 3.8) is 0 Å². The van der Waals surface area contributed by atoms with E-state index in [2.05, 4.69) is 156 Å². The monoisotopic (exact) mass is 729 g/mol. The highest BCUT2D eigenvalue weighted by Gasteiger charge is 2.46. The maximum absolute atomic E-state index is 5.16. The molecule has 0 bridgehead atoms. The summed E-state index contributed by atoms with van der Waals surface area (Å²) in [5.74, 6) is 0.725. The standard InChI is InChI=1S/C54H39N3/c1-4-17-36(18-5-1)46-34-47(56-53(55-46)38-19-6-2-7-20-38)37-26-29-39(30-27-37)57-51-40-21-9-8-16-35(40)28-31-44(51)49-50-48(41-22-10-11-23-42(41)52(49)57)43-24-12-13-25-45(43)54(50)32-14-3-15-33-54/h1-2,4-13,16-31,34H,3,14-15,32-33H2.